The van der Waals surface area contributed by atoms with Crippen molar-refractivity contribution in [2.24, 2.45) is 0 Å². The summed E-state index contributed by atoms with van der Waals surface area (Å²) in [7, 11) is 0. The van der Waals surface area contributed by atoms with Crippen LogP contribution in [0.4, 0.5) is 15.8 Å². The van der Waals surface area contributed by atoms with Crippen LogP contribution in [0.15, 0.2) is 54.6 Å². The van der Waals surface area contributed by atoms with Crippen LogP contribution in [-0.4, -0.2) is 49.4 Å². The van der Waals surface area contributed by atoms with Crippen molar-refractivity contribution in [2.75, 3.05) is 42.5 Å². The number of nitrogens with zero attached hydrogens (tertiary/aromatic N) is 3. The van der Waals surface area contributed by atoms with Crippen molar-refractivity contribution < 1.29 is 14.0 Å². The summed E-state index contributed by atoms with van der Waals surface area (Å²) < 4.78 is 13.0. The van der Waals surface area contributed by atoms with Gasteiger partial charge in [0.15, 0.2) is 0 Å². The van der Waals surface area contributed by atoms with Crippen LogP contribution in [0.25, 0.3) is 0 Å². The Labute approximate surface area is 152 Å². The maximum absolute atomic E-state index is 13.0. The highest BCUT2D eigenvalue weighted by molar-refractivity contribution is 5.97. The Kier molecular flexibility index (Phi) is 5.51. The van der Waals surface area contributed by atoms with Gasteiger partial charge in [-0.2, -0.15) is 0 Å². The molecule has 2 amide bonds. The van der Waals surface area contributed by atoms with Gasteiger partial charge in [-0.1, -0.05) is 18.2 Å². The molecule has 0 spiro atoms. The van der Waals surface area contributed by atoms with E-state index in [2.05, 4.69) is 4.90 Å². The zero-order valence-electron chi connectivity index (χ0n) is 14.8. The average Bonchev–Trinajstić information content (AvgIpc) is 2.67. The Morgan fingerprint density at radius 1 is 0.962 bits per heavy atom. The minimum atomic E-state index is -0.257. The van der Waals surface area contributed by atoms with Crippen LogP contribution >= 0.6 is 0 Å². The molecule has 26 heavy (non-hydrogen) atoms. The van der Waals surface area contributed by atoms with E-state index >= 15 is 0 Å². The molecule has 6 heteroatoms. The van der Waals surface area contributed by atoms with Gasteiger partial charge in [-0.05, 0) is 36.4 Å². The van der Waals surface area contributed by atoms with E-state index in [1.165, 1.54) is 24.0 Å². The van der Waals surface area contributed by atoms with Crippen LogP contribution in [-0.2, 0) is 9.59 Å². The van der Waals surface area contributed by atoms with Gasteiger partial charge in [0, 0.05) is 44.5 Å². The molecule has 0 saturated carbocycles. The quantitative estimate of drug-likeness (QED) is 0.847. The SMILES string of the molecule is CC(=O)N(CC(=O)N1CCN(c2ccc(F)cc2)CC1)c1ccccc1. The molecule has 0 atom stereocenters. The van der Waals surface area contributed by atoms with Gasteiger partial charge in [0.05, 0.1) is 0 Å². The highest BCUT2D eigenvalue weighted by Gasteiger charge is 2.24. The van der Waals surface area contributed by atoms with E-state index in [9.17, 15) is 14.0 Å². The summed E-state index contributed by atoms with van der Waals surface area (Å²) in [5.74, 6) is -0.481. The van der Waals surface area contributed by atoms with Crippen LogP contribution in [0, 0.1) is 5.82 Å². The molecule has 3 rings (SSSR count). The standard InChI is InChI=1S/C20H22FN3O2/c1-16(25)24(19-5-3-2-4-6-19)15-20(26)23-13-11-22(12-14-23)18-9-7-17(21)8-10-18/h2-10H,11-15H2,1H3. The minimum Gasteiger partial charge on any atom is -0.368 e. The largest absolute Gasteiger partial charge is 0.368 e. The Hall–Kier alpha value is -2.89. The topological polar surface area (TPSA) is 43.9 Å². The van der Waals surface area contributed by atoms with Gasteiger partial charge >= 0.3 is 0 Å². The Bertz CT molecular complexity index is 756. The first-order valence-electron chi connectivity index (χ1n) is 8.66. The van der Waals surface area contributed by atoms with E-state index in [-0.39, 0.29) is 24.2 Å². The van der Waals surface area contributed by atoms with Crippen molar-refractivity contribution in [1.29, 1.82) is 0 Å². The lowest BCUT2D eigenvalue weighted by Gasteiger charge is -2.37. The Balaban J connectivity index is 1.59. The van der Waals surface area contributed by atoms with Crippen molar-refractivity contribution in [3.8, 4) is 0 Å². The molecule has 5 nitrogen and oxygen atoms in total. The monoisotopic (exact) mass is 355 g/mol. The van der Waals surface area contributed by atoms with Gasteiger partial charge in [-0.3, -0.25) is 9.59 Å². The molecule has 0 aromatic heterocycles. The van der Waals surface area contributed by atoms with Gasteiger partial charge < -0.3 is 14.7 Å². The number of anilines is 2. The minimum absolute atomic E-state index is 0.0376. The summed E-state index contributed by atoms with van der Waals surface area (Å²) >= 11 is 0. The Morgan fingerprint density at radius 2 is 1.58 bits per heavy atom. The van der Waals surface area contributed by atoms with Crippen molar-refractivity contribution >= 4 is 23.2 Å². The fourth-order valence-corrected chi connectivity index (χ4v) is 3.09. The summed E-state index contributed by atoms with van der Waals surface area (Å²) in [6, 6.07) is 15.6. The van der Waals surface area contributed by atoms with Crippen LogP contribution < -0.4 is 9.80 Å². The van der Waals surface area contributed by atoms with Crippen LogP contribution in [0.3, 0.4) is 0 Å². The third-order valence-corrected chi connectivity index (χ3v) is 4.57. The first-order chi connectivity index (χ1) is 12.5. The highest BCUT2D eigenvalue weighted by atomic mass is 19.1. The lowest BCUT2D eigenvalue weighted by molar-refractivity contribution is -0.131. The summed E-state index contributed by atoms with van der Waals surface area (Å²) in [6.45, 7) is 4.03. The number of carbonyl (C=O) groups is 2. The predicted octanol–water partition coefficient (Wildman–Crippen LogP) is 2.53. The summed E-state index contributed by atoms with van der Waals surface area (Å²) in [5, 5.41) is 0. The molecule has 1 fully saturated rings. The van der Waals surface area contributed by atoms with Crippen molar-refractivity contribution in [1.82, 2.24) is 4.90 Å². The fraction of sp³-hybridized carbons (Fsp3) is 0.300. The van der Waals surface area contributed by atoms with Crippen LogP contribution in [0.2, 0.25) is 0 Å². The fourth-order valence-electron chi connectivity index (χ4n) is 3.09. The molecule has 1 heterocycles. The lowest BCUT2D eigenvalue weighted by Crippen LogP contribution is -2.51. The van der Waals surface area contributed by atoms with Crippen LogP contribution in [0.1, 0.15) is 6.92 Å². The molecule has 0 N–H and O–H groups in total. The zero-order chi connectivity index (χ0) is 18.5. The first kappa shape index (κ1) is 17.9. The van der Waals surface area contributed by atoms with Gasteiger partial charge in [0.2, 0.25) is 11.8 Å². The molecular weight excluding hydrogens is 333 g/mol. The second-order valence-corrected chi connectivity index (χ2v) is 6.28. The molecule has 1 saturated heterocycles. The number of benzene rings is 2. The average molecular weight is 355 g/mol. The lowest BCUT2D eigenvalue weighted by atomic mass is 10.2. The molecular formula is C20H22FN3O2. The van der Waals surface area contributed by atoms with Crippen molar-refractivity contribution in [3.05, 3.63) is 60.4 Å². The third-order valence-electron chi connectivity index (χ3n) is 4.57. The normalized spacial score (nSPS) is 14.2. The molecule has 2 aromatic rings. The molecule has 0 aliphatic carbocycles. The molecule has 2 aromatic carbocycles. The Morgan fingerprint density at radius 3 is 2.15 bits per heavy atom. The van der Waals surface area contributed by atoms with E-state index in [1.54, 1.807) is 17.0 Å². The smallest absolute Gasteiger partial charge is 0.242 e. The molecule has 0 unspecified atom stereocenters. The first-order valence-corrected chi connectivity index (χ1v) is 8.66. The third kappa shape index (κ3) is 4.20. The number of rotatable bonds is 4. The number of carbonyl (C=O) groups excluding carboxylic acids is 2. The second kappa shape index (κ2) is 7.99. The van der Waals surface area contributed by atoms with Gasteiger partial charge in [-0.25, -0.2) is 4.39 Å². The van der Waals surface area contributed by atoms with Crippen molar-refractivity contribution in [2.45, 2.75) is 6.92 Å². The number of amides is 2. The molecule has 0 radical (unpaired) electrons. The molecule has 136 valence electrons. The van der Waals surface area contributed by atoms with E-state index < -0.39 is 0 Å². The van der Waals surface area contributed by atoms with Crippen LogP contribution in [0.5, 0.6) is 0 Å². The maximum atomic E-state index is 13.0. The van der Waals surface area contributed by atoms with Gasteiger partial charge in [0.1, 0.15) is 12.4 Å². The van der Waals surface area contributed by atoms with Crippen molar-refractivity contribution in [3.63, 3.8) is 0 Å². The molecule has 0 bridgehead atoms. The number of hydrogen-bond acceptors (Lipinski definition) is 3. The summed E-state index contributed by atoms with van der Waals surface area (Å²) in [4.78, 5) is 30.0. The van der Waals surface area contributed by atoms with Gasteiger partial charge in [0.25, 0.3) is 0 Å². The molecule has 1 aliphatic heterocycles. The number of hydrogen-bond donors (Lipinski definition) is 0. The molecule has 1 aliphatic rings. The second-order valence-electron chi connectivity index (χ2n) is 6.28. The summed E-state index contributed by atoms with van der Waals surface area (Å²) in [5.41, 5.74) is 1.67. The van der Waals surface area contributed by atoms with E-state index in [1.807, 2.05) is 30.3 Å². The van der Waals surface area contributed by atoms with E-state index in [4.69, 9.17) is 0 Å². The zero-order valence-corrected chi connectivity index (χ0v) is 14.8. The number of halogens is 1. The van der Waals surface area contributed by atoms with E-state index in [0.717, 1.165) is 11.4 Å². The predicted molar refractivity (Wildman–Crippen MR) is 99.7 cm³/mol. The highest BCUT2D eigenvalue weighted by Crippen LogP contribution is 2.18. The van der Waals surface area contributed by atoms with Gasteiger partial charge in [-0.15, -0.1) is 0 Å². The number of para-hydroxylation sites is 1. The number of piperazine rings is 1. The van der Waals surface area contributed by atoms with E-state index in [0.29, 0.717) is 26.2 Å². The maximum Gasteiger partial charge on any atom is 0.242 e. The summed E-state index contributed by atoms with van der Waals surface area (Å²) in [6.07, 6.45) is 0.